The van der Waals surface area contributed by atoms with Crippen molar-refractivity contribution in [2.24, 2.45) is 0 Å². The molecule has 0 saturated carbocycles. The Labute approximate surface area is 310 Å². The zero-order chi connectivity index (χ0) is 37.4. The predicted octanol–water partition coefficient (Wildman–Crippen LogP) is 10.5. The number of amides is 2. The number of hydrogen-bond acceptors (Lipinski definition) is 8. The van der Waals surface area contributed by atoms with Gasteiger partial charge < -0.3 is 25.3 Å². The van der Waals surface area contributed by atoms with Crippen LogP contribution >= 0.6 is 46.0 Å². The van der Waals surface area contributed by atoms with E-state index >= 15 is 0 Å². The second kappa shape index (κ2) is 16.8. The van der Waals surface area contributed by atoms with Gasteiger partial charge in [0.2, 0.25) is 5.91 Å². The molecule has 0 radical (unpaired) electrons. The van der Waals surface area contributed by atoms with Crippen LogP contribution in [0.5, 0.6) is 0 Å². The summed E-state index contributed by atoms with van der Waals surface area (Å²) in [5, 5.41) is 28.4. The van der Waals surface area contributed by atoms with E-state index in [9.17, 15) is 42.6 Å². The number of alkyl halides is 3. The number of anilines is 2. The van der Waals surface area contributed by atoms with Crippen molar-refractivity contribution in [3.8, 4) is 22.3 Å². The van der Waals surface area contributed by atoms with Crippen LogP contribution in [0.4, 0.5) is 23.2 Å². The molecule has 3 aromatic carbocycles. The van der Waals surface area contributed by atoms with Crippen molar-refractivity contribution >= 4 is 79.8 Å². The maximum absolute atomic E-state index is 12.7. The Kier molecular flexibility index (Phi) is 12.2. The summed E-state index contributed by atoms with van der Waals surface area (Å²) in [6, 6.07) is 23.4. The first-order valence-electron chi connectivity index (χ1n) is 14.8. The van der Waals surface area contributed by atoms with Crippen LogP contribution < -0.4 is 10.6 Å². The number of rotatable bonds is 10. The maximum Gasteiger partial charge on any atom is 0.416 e. The Bertz CT molecular complexity index is 2180. The first-order chi connectivity index (χ1) is 24.8. The number of aromatic carboxylic acids is 2. The highest BCUT2D eigenvalue weighted by molar-refractivity contribution is 8.00. The van der Waals surface area contributed by atoms with Crippen LogP contribution in [0.2, 0.25) is 5.02 Å². The van der Waals surface area contributed by atoms with Gasteiger partial charge in [-0.25, -0.2) is 9.59 Å². The molecule has 3 aromatic heterocycles. The second-order valence-electron chi connectivity index (χ2n) is 10.5. The highest BCUT2D eigenvalue weighted by atomic mass is 35.5. The molecule has 0 fully saturated rings. The Morgan fingerprint density at radius 1 is 0.731 bits per heavy atom. The van der Waals surface area contributed by atoms with E-state index in [2.05, 4.69) is 10.6 Å². The van der Waals surface area contributed by atoms with Crippen LogP contribution in [0.15, 0.2) is 117 Å². The first kappa shape index (κ1) is 37.9. The lowest BCUT2D eigenvalue weighted by Crippen LogP contribution is -2.15. The molecule has 4 N–H and O–H groups in total. The van der Waals surface area contributed by atoms with Gasteiger partial charge in [-0.3, -0.25) is 9.59 Å². The van der Waals surface area contributed by atoms with E-state index in [1.54, 1.807) is 35.7 Å². The van der Waals surface area contributed by atoms with E-state index in [0.29, 0.717) is 21.7 Å². The minimum Gasteiger partial charge on any atom is -0.478 e. The standard InChI is InChI=1S/C20H14F3NO3S2.C16H10ClNO4S/c21-20(22,23)13-8-6-12(7-9-13)15-10-29-18(17(15)19(26)27)24-16(25)11-28-14-4-2-1-3-5-14;17-10-5-3-9(4-6-10)11-8-23-15(13(11)16(20)21)18-14(19)12-2-1-7-22-12/h1-10H,11H2,(H,24,25)(H,26,27);1-8H,(H,18,19)(H,20,21). The molecule has 6 aromatic rings. The molecular formula is C36H24ClF3N2O7S3. The highest BCUT2D eigenvalue weighted by Gasteiger charge is 2.30. The summed E-state index contributed by atoms with van der Waals surface area (Å²) < 4.78 is 43.2. The number of furan rings is 1. The number of carboxylic acid groups (broad SMARTS) is 2. The molecule has 0 spiro atoms. The molecule has 0 bridgehead atoms. The number of carbonyl (C=O) groups is 4. The SMILES string of the molecule is O=C(CSc1ccccc1)Nc1scc(-c2ccc(C(F)(F)F)cc2)c1C(=O)O.O=C(Nc1scc(-c2ccc(Cl)cc2)c1C(=O)O)c1ccco1. The fraction of sp³-hybridized carbons (Fsp3) is 0.0556. The van der Waals surface area contributed by atoms with Gasteiger partial charge in [-0.15, -0.1) is 34.4 Å². The zero-order valence-electron chi connectivity index (χ0n) is 26.3. The fourth-order valence-electron chi connectivity index (χ4n) is 4.62. The number of nitrogens with one attached hydrogen (secondary N) is 2. The van der Waals surface area contributed by atoms with Gasteiger partial charge in [-0.2, -0.15) is 13.2 Å². The minimum absolute atomic E-state index is 0.0391. The van der Waals surface area contributed by atoms with Crippen LogP contribution in [-0.4, -0.2) is 39.7 Å². The van der Waals surface area contributed by atoms with E-state index in [1.165, 1.54) is 41.6 Å². The van der Waals surface area contributed by atoms with Crippen molar-refractivity contribution in [1.82, 2.24) is 0 Å². The number of carbonyl (C=O) groups excluding carboxylic acids is 2. The van der Waals surface area contributed by atoms with Crippen molar-refractivity contribution in [3.63, 3.8) is 0 Å². The maximum atomic E-state index is 12.7. The number of thioether (sulfide) groups is 1. The van der Waals surface area contributed by atoms with Gasteiger partial charge >= 0.3 is 18.1 Å². The molecule has 0 atom stereocenters. The van der Waals surface area contributed by atoms with Crippen molar-refractivity contribution in [3.05, 3.63) is 135 Å². The van der Waals surface area contributed by atoms with Gasteiger partial charge in [-0.1, -0.05) is 54.1 Å². The summed E-state index contributed by atoms with van der Waals surface area (Å²) in [4.78, 5) is 48.5. The quantitative estimate of drug-likeness (QED) is 0.100. The monoisotopic (exact) mass is 784 g/mol. The smallest absolute Gasteiger partial charge is 0.416 e. The summed E-state index contributed by atoms with van der Waals surface area (Å²) in [6.45, 7) is 0. The molecule has 266 valence electrons. The Morgan fingerprint density at radius 2 is 1.27 bits per heavy atom. The Balaban J connectivity index is 0.000000206. The lowest BCUT2D eigenvalue weighted by Gasteiger charge is -2.08. The fourth-order valence-corrected chi connectivity index (χ4v) is 7.40. The molecule has 9 nitrogen and oxygen atoms in total. The number of halogens is 4. The van der Waals surface area contributed by atoms with Crippen molar-refractivity contribution in [2.75, 3.05) is 16.4 Å². The average Bonchev–Trinajstić information content (AvgIpc) is 3.89. The van der Waals surface area contributed by atoms with Crippen LogP contribution in [0, 0.1) is 0 Å². The molecule has 52 heavy (non-hydrogen) atoms. The largest absolute Gasteiger partial charge is 0.478 e. The number of carboxylic acids is 2. The van der Waals surface area contributed by atoms with E-state index in [1.807, 2.05) is 30.3 Å². The van der Waals surface area contributed by atoms with Crippen molar-refractivity contribution in [1.29, 1.82) is 0 Å². The van der Waals surface area contributed by atoms with Crippen LogP contribution in [0.25, 0.3) is 22.3 Å². The molecule has 0 aliphatic rings. The van der Waals surface area contributed by atoms with Gasteiger partial charge in [0.1, 0.15) is 21.1 Å². The van der Waals surface area contributed by atoms with Gasteiger partial charge in [0.05, 0.1) is 17.6 Å². The molecule has 0 aliphatic heterocycles. The molecule has 0 aliphatic carbocycles. The summed E-state index contributed by atoms with van der Waals surface area (Å²) in [5.74, 6) is -3.05. The molecule has 0 saturated heterocycles. The molecular weight excluding hydrogens is 761 g/mol. The van der Waals surface area contributed by atoms with Gasteiger partial charge in [0, 0.05) is 31.8 Å². The summed E-state index contributed by atoms with van der Waals surface area (Å²) in [6.07, 6.45) is -3.10. The van der Waals surface area contributed by atoms with E-state index in [-0.39, 0.29) is 44.1 Å². The molecule has 16 heteroatoms. The third-order valence-electron chi connectivity index (χ3n) is 7.03. The highest BCUT2D eigenvalue weighted by Crippen LogP contribution is 2.38. The van der Waals surface area contributed by atoms with Crippen molar-refractivity contribution < 1.29 is 47.0 Å². The average molecular weight is 785 g/mol. The van der Waals surface area contributed by atoms with E-state index in [4.69, 9.17) is 16.0 Å². The zero-order valence-corrected chi connectivity index (χ0v) is 29.5. The lowest BCUT2D eigenvalue weighted by molar-refractivity contribution is -0.137. The van der Waals surface area contributed by atoms with Gasteiger partial charge in [-0.05, 0) is 59.7 Å². The second-order valence-corrected chi connectivity index (χ2v) is 13.7. The number of hydrogen-bond donors (Lipinski definition) is 4. The first-order valence-corrected chi connectivity index (χ1v) is 17.9. The minimum atomic E-state index is -4.47. The molecule has 0 unspecified atom stereocenters. The van der Waals surface area contributed by atoms with E-state index in [0.717, 1.165) is 39.7 Å². The third kappa shape index (κ3) is 9.50. The summed E-state index contributed by atoms with van der Waals surface area (Å²) >= 11 is 9.32. The van der Waals surface area contributed by atoms with Crippen molar-refractivity contribution in [2.45, 2.75) is 11.1 Å². The Morgan fingerprint density at radius 3 is 1.77 bits per heavy atom. The summed E-state index contributed by atoms with van der Waals surface area (Å²) in [5.41, 5.74) is 0.883. The number of thiophene rings is 2. The Hall–Kier alpha value is -5.35. The van der Waals surface area contributed by atoms with Gasteiger partial charge in [0.25, 0.3) is 5.91 Å². The normalized spacial score (nSPS) is 10.9. The lowest BCUT2D eigenvalue weighted by atomic mass is 10.0. The molecule has 6 rings (SSSR count). The van der Waals surface area contributed by atoms with Gasteiger partial charge in [0.15, 0.2) is 5.76 Å². The third-order valence-corrected chi connectivity index (χ3v) is 10.1. The molecule has 2 amide bonds. The van der Waals surface area contributed by atoms with Crippen LogP contribution in [0.1, 0.15) is 36.8 Å². The summed E-state index contributed by atoms with van der Waals surface area (Å²) in [7, 11) is 0. The number of benzene rings is 3. The van der Waals surface area contributed by atoms with Crippen LogP contribution in [0.3, 0.4) is 0 Å². The van der Waals surface area contributed by atoms with Crippen LogP contribution in [-0.2, 0) is 11.0 Å². The topological polar surface area (TPSA) is 146 Å². The molecule has 3 heterocycles. The van der Waals surface area contributed by atoms with E-state index < -0.39 is 29.6 Å². The predicted molar refractivity (Wildman–Crippen MR) is 196 cm³/mol.